The predicted molar refractivity (Wildman–Crippen MR) is 149 cm³/mol. The van der Waals surface area contributed by atoms with E-state index in [9.17, 15) is 9.59 Å². The van der Waals surface area contributed by atoms with Crippen molar-refractivity contribution in [2.75, 3.05) is 23.3 Å². The zero-order chi connectivity index (χ0) is 26.0. The maximum atomic E-state index is 13.2. The summed E-state index contributed by atoms with van der Waals surface area (Å²) in [6.45, 7) is 0.727. The molecule has 0 spiro atoms. The van der Waals surface area contributed by atoms with Crippen LogP contribution in [0.2, 0.25) is 10.0 Å². The molecule has 6 nitrogen and oxygen atoms in total. The third-order valence-corrected chi connectivity index (χ3v) is 6.01. The number of carbonyl (C=O) groups excluding carboxylic acids is 2. The molecule has 2 N–H and O–H groups in total. The number of hydrogen-bond donors (Lipinski definition) is 2. The van der Waals surface area contributed by atoms with Gasteiger partial charge in [0.05, 0.1) is 10.6 Å². The highest BCUT2D eigenvalue weighted by Crippen LogP contribution is 2.25. The van der Waals surface area contributed by atoms with Crippen LogP contribution in [0.25, 0.3) is 0 Å². The van der Waals surface area contributed by atoms with E-state index in [0.29, 0.717) is 52.2 Å². The molecule has 0 radical (unpaired) electrons. The molecule has 0 aliphatic heterocycles. The lowest BCUT2D eigenvalue weighted by atomic mass is 10.2. The Hall–Kier alpha value is -4.00. The molecular formula is C29H25Cl2N3O3. The minimum absolute atomic E-state index is 0.259. The summed E-state index contributed by atoms with van der Waals surface area (Å²) in [6, 6.07) is 30.2. The van der Waals surface area contributed by atoms with Crippen LogP contribution in [0, 0.1) is 0 Å². The van der Waals surface area contributed by atoms with Crippen molar-refractivity contribution in [3.05, 3.63) is 119 Å². The highest BCUT2D eigenvalue weighted by atomic mass is 35.5. The van der Waals surface area contributed by atoms with Crippen LogP contribution in [0.5, 0.6) is 11.5 Å². The van der Waals surface area contributed by atoms with Gasteiger partial charge in [-0.25, -0.2) is 4.79 Å². The number of nitrogens with zero attached hydrogens (tertiary/aromatic N) is 1. The Morgan fingerprint density at radius 3 is 2.11 bits per heavy atom. The van der Waals surface area contributed by atoms with E-state index >= 15 is 0 Å². The number of anilines is 2. The minimum Gasteiger partial charge on any atom is -0.457 e. The molecule has 4 aromatic rings. The summed E-state index contributed by atoms with van der Waals surface area (Å²) in [6.07, 6.45) is 0.520. The molecule has 0 bridgehead atoms. The van der Waals surface area contributed by atoms with Crippen LogP contribution in [0.4, 0.5) is 16.2 Å². The summed E-state index contributed by atoms with van der Waals surface area (Å²) in [7, 11) is 0. The van der Waals surface area contributed by atoms with Gasteiger partial charge in [0.2, 0.25) is 0 Å². The summed E-state index contributed by atoms with van der Waals surface area (Å²) in [5.41, 5.74) is 1.72. The monoisotopic (exact) mass is 533 g/mol. The SMILES string of the molecule is O=C(NCCCN(C(=O)Nc1ccc(Cl)cc1)c1ccc(Oc2ccccc2)cc1)c1ccccc1Cl. The molecule has 0 saturated carbocycles. The van der Waals surface area contributed by atoms with Crippen molar-refractivity contribution >= 4 is 46.5 Å². The number of nitrogens with one attached hydrogen (secondary N) is 2. The van der Waals surface area contributed by atoms with E-state index in [4.69, 9.17) is 27.9 Å². The maximum Gasteiger partial charge on any atom is 0.326 e. The maximum absolute atomic E-state index is 13.2. The van der Waals surface area contributed by atoms with Crippen molar-refractivity contribution in [2.45, 2.75) is 6.42 Å². The van der Waals surface area contributed by atoms with Gasteiger partial charge in [-0.15, -0.1) is 0 Å². The Kier molecular flexibility index (Phi) is 9.03. The Bertz CT molecular complexity index is 1330. The van der Waals surface area contributed by atoms with E-state index in [2.05, 4.69) is 10.6 Å². The Balaban J connectivity index is 1.43. The second kappa shape index (κ2) is 12.8. The second-order valence-electron chi connectivity index (χ2n) is 8.09. The third kappa shape index (κ3) is 7.49. The lowest BCUT2D eigenvalue weighted by Crippen LogP contribution is -2.37. The third-order valence-electron chi connectivity index (χ3n) is 5.43. The average Bonchev–Trinajstić information content (AvgIpc) is 2.91. The first-order valence-corrected chi connectivity index (χ1v) is 12.4. The van der Waals surface area contributed by atoms with E-state index in [1.807, 2.05) is 54.6 Å². The van der Waals surface area contributed by atoms with Gasteiger partial charge in [-0.1, -0.05) is 53.5 Å². The summed E-state index contributed by atoms with van der Waals surface area (Å²) in [5, 5.41) is 6.73. The molecule has 0 atom stereocenters. The van der Waals surface area contributed by atoms with Gasteiger partial charge in [0.25, 0.3) is 5.91 Å². The smallest absolute Gasteiger partial charge is 0.326 e. The van der Waals surface area contributed by atoms with Crippen molar-refractivity contribution in [1.82, 2.24) is 5.32 Å². The highest BCUT2D eigenvalue weighted by Gasteiger charge is 2.17. The average molecular weight is 534 g/mol. The van der Waals surface area contributed by atoms with Gasteiger partial charge >= 0.3 is 6.03 Å². The molecule has 3 amide bonds. The highest BCUT2D eigenvalue weighted by molar-refractivity contribution is 6.33. The van der Waals surface area contributed by atoms with Crippen molar-refractivity contribution in [2.24, 2.45) is 0 Å². The van der Waals surface area contributed by atoms with Crippen LogP contribution in [-0.2, 0) is 0 Å². The van der Waals surface area contributed by atoms with Crippen LogP contribution in [0.3, 0.4) is 0 Å². The molecule has 0 aliphatic rings. The van der Waals surface area contributed by atoms with Gasteiger partial charge in [0, 0.05) is 29.5 Å². The van der Waals surface area contributed by atoms with Crippen LogP contribution in [0.15, 0.2) is 103 Å². The number of urea groups is 1. The first-order valence-electron chi connectivity index (χ1n) is 11.7. The lowest BCUT2D eigenvalue weighted by Gasteiger charge is -2.24. The van der Waals surface area contributed by atoms with Crippen LogP contribution >= 0.6 is 23.2 Å². The molecule has 8 heteroatoms. The molecule has 0 aliphatic carbocycles. The van der Waals surface area contributed by atoms with E-state index in [0.717, 1.165) is 5.75 Å². The van der Waals surface area contributed by atoms with E-state index in [1.54, 1.807) is 53.4 Å². The fraction of sp³-hybridized carbons (Fsp3) is 0.103. The molecule has 0 aromatic heterocycles. The molecule has 37 heavy (non-hydrogen) atoms. The molecule has 4 rings (SSSR count). The Morgan fingerprint density at radius 1 is 0.757 bits per heavy atom. The van der Waals surface area contributed by atoms with E-state index < -0.39 is 0 Å². The van der Waals surface area contributed by atoms with Crippen LogP contribution in [0.1, 0.15) is 16.8 Å². The van der Waals surface area contributed by atoms with Crippen molar-refractivity contribution < 1.29 is 14.3 Å². The van der Waals surface area contributed by atoms with Gasteiger partial charge in [-0.05, 0) is 79.2 Å². The molecule has 0 fully saturated rings. The van der Waals surface area contributed by atoms with Crippen molar-refractivity contribution in [3.63, 3.8) is 0 Å². The number of benzene rings is 4. The molecule has 0 saturated heterocycles. The van der Waals surface area contributed by atoms with Gasteiger partial charge in [0.15, 0.2) is 0 Å². The normalized spacial score (nSPS) is 10.4. The Labute approximate surface area is 225 Å². The summed E-state index contributed by atoms with van der Waals surface area (Å²) < 4.78 is 5.87. The largest absolute Gasteiger partial charge is 0.457 e. The predicted octanol–water partition coefficient (Wildman–Crippen LogP) is 7.64. The number of ether oxygens (including phenoxy) is 1. The summed E-state index contributed by atoms with van der Waals surface area (Å²) in [5.74, 6) is 1.12. The molecule has 0 unspecified atom stereocenters. The molecule has 4 aromatic carbocycles. The number of hydrogen-bond acceptors (Lipinski definition) is 3. The minimum atomic E-state index is -0.309. The number of halogens is 2. The van der Waals surface area contributed by atoms with Crippen molar-refractivity contribution in [3.8, 4) is 11.5 Å². The first kappa shape index (κ1) is 26.1. The number of carbonyl (C=O) groups is 2. The Morgan fingerprint density at radius 2 is 1.41 bits per heavy atom. The number of rotatable bonds is 9. The van der Waals surface area contributed by atoms with Crippen LogP contribution in [-0.4, -0.2) is 25.0 Å². The molecule has 188 valence electrons. The lowest BCUT2D eigenvalue weighted by molar-refractivity contribution is 0.0953. The van der Waals surface area contributed by atoms with Gasteiger partial charge in [0.1, 0.15) is 11.5 Å². The van der Waals surface area contributed by atoms with E-state index in [-0.39, 0.29) is 11.9 Å². The van der Waals surface area contributed by atoms with Gasteiger partial charge in [-0.3, -0.25) is 9.69 Å². The fourth-order valence-electron chi connectivity index (χ4n) is 3.57. The topological polar surface area (TPSA) is 70.7 Å². The summed E-state index contributed by atoms with van der Waals surface area (Å²) in [4.78, 5) is 27.3. The second-order valence-corrected chi connectivity index (χ2v) is 8.93. The zero-order valence-electron chi connectivity index (χ0n) is 19.9. The molecule has 0 heterocycles. The van der Waals surface area contributed by atoms with Gasteiger partial charge in [-0.2, -0.15) is 0 Å². The molecular weight excluding hydrogens is 509 g/mol. The standard InChI is InChI=1S/C29H25Cl2N3O3/c30-21-11-13-22(14-12-21)33-29(36)34(20-6-19-32-28(35)26-9-4-5-10-27(26)31)23-15-17-25(18-16-23)37-24-7-2-1-3-8-24/h1-5,7-18H,6,19-20H2,(H,32,35)(H,33,36). The van der Waals surface area contributed by atoms with Crippen molar-refractivity contribution in [1.29, 1.82) is 0 Å². The van der Waals surface area contributed by atoms with Crippen LogP contribution < -0.4 is 20.3 Å². The van der Waals surface area contributed by atoms with E-state index in [1.165, 1.54) is 0 Å². The summed E-state index contributed by atoms with van der Waals surface area (Å²) >= 11 is 12.1. The fourth-order valence-corrected chi connectivity index (χ4v) is 3.92. The first-order chi connectivity index (χ1) is 18.0. The number of amides is 3. The quantitative estimate of drug-likeness (QED) is 0.217. The number of para-hydroxylation sites is 1. The zero-order valence-corrected chi connectivity index (χ0v) is 21.4. The van der Waals surface area contributed by atoms with Gasteiger partial charge < -0.3 is 15.4 Å².